The summed E-state index contributed by atoms with van der Waals surface area (Å²) < 4.78 is 21.2. The molecule has 6 heteroatoms. The second kappa shape index (κ2) is 3.38. The zero-order valence-corrected chi connectivity index (χ0v) is 8.23. The molecule has 0 spiro atoms. The number of rotatable bonds is 2. The van der Waals surface area contributed by atoms with Crippen LogP contribution in [0.15, 0.2) is 0 Å². The lowest BCUT2D eigenvalue weighted by atomic mass is 11.0. The summed E-state index contributed by atoms with van der Waals surface area (Å²) in [4.78, 5) is -0.615. The molecule has 0 saturated heterocycles. The van der Waals surface area contributed by atoms with Gasteiger partial charge in [-0.25, -0.2) is 8.42 Å². The molecular weight excluding hydrogens is 202 g/mol. The molecule has 0 amide bonds. The van der Waals surface area contributed by atoms with Crippen LogP contribution in [0, 0.1) is 0 Å². The van der Waals surface area contributed by atoms with E-state index in [0.29, 0.717) is 0 Å². The minimum Gasteiger partial charge on any atom is -0.228 e. The van der Waals surface area contributed by atoms with Crippen molar-refractivity contribution in [3.8, 4) is 0 Å². The third-order valence-electron chi connectivity index (χ3n) is 0.894. The van der Waals surface area contributed by atoms with Crippen LogP contribution in [0.4, 0.5) is 0 Å². The van der Waals surface area contributed by atoms with E-state index in [1.807, 2.05) is 0 Å². The molecule has 0 bridgehead atoms. The van der Waals surface area contributed by atoms with Crippen LogP contribution in [-0.4, -0.2) is 19.7 Å². The lowest BCUT2D eigenvalue weighted by molar-refractivity contribution is 0.600. The highest BCUT2D eigenvalue weighted by atomic mass is 35.9. The van der Waals surface area contributed by atoms with Crippen LogP contribution >= 0.6 is 29.1 Å². The summed E-state index contributed by atoms with van der Waals surface area (Å²) in [5, 5.41) is 0. The summed E-state index contributed by atoms with van der Waals surface area (Å²) in [6.07, 6.45) is 1.12. The Labute approximate surface area is 65.8 Å². The van der Waals surface area contributed by atoms with Gasteiger partial charge in [-0.15, -0.1) is 0 Å². The van der Waals surface area contributed by atoms with Crippen molar-refractivity contribution in [3.63, 3.8) is 0 Å². The summed E-state index contributed by atoms with van der Waals surface area (Å²) in [5.74, 6) is 0. The van der Waals surface area contributed by atoms with Crippen molar-refractivity contribution >= 4 is 38.9 Å². The summed E-state index contributed by atoms with van der Waals surface area (Å²) in [5.41, 5.74) is 0. The Morgan fingerprint density at radius 1 is 1.44 bits per heavy atom. The molecule has 9 heavy (non-hydrogen) atoms. The maximum absolute atomic E-state index is 10.6. The number of halogens is 2. The fourth-order valence-corrected chi connectivity index (χ4v) is 3.91. The largest absolute Gasteiger partial charge is 0.228 e. The van der Waals surface area contributed by atoms with Gasteiger partial charge in [0, 0.05) is 6.26 Å². The van der Waals surface area contributed by atoms with Crippen molar-refractivity contribution in [1.29, 1.82) is 0 Å². The van der Waals surface area contributed by atoms with Crippen molar-refractivity contribution in [1.82, 2.24) is 0 Å². The second-order valence-electron chi connectivity index (χ2n) is 1.69. The average Bonchev–Trinajstić information content (AvgIpc) is 1.62. The van der Waals surface area contributed by atoms with E-state index in [4.69, 9.17) is 22.5 Å². The highest BCUT2D eigenvalue weighted by Gasteiger charge is 2.21. The lowest BCUT2D eigenvalue weighted by Gasteiger charge is -2.07. The van der Waals surface area contributed by atoms with Gasteiger partial charge in [0.2, 0.25) is 0 Å². The zero-order valence-electron chi connectivity index (χ0n) is 5.01. The Morgan fingerprint density at radius 3 is 1.78 bits per heavy atom. The maximum Gasteiger partial charge on any atom is 0.156 e. The molecule has 0 fully saturated rings. The van der Waals surface area contributed by atoms with Crippen molar-refractivity contribution in [2.75, 3.05) is 6.26 Å². The third-order valence-corrected chi connectivity index (χ3v) is 6.92. The first-order chi connectivity index (χ1) is 3.85. The van der Waals surface area contributed by atoms with Gasteiger partial charge in [0.25, 0.3) is 0 Å². The van der Waals surface area contributed by atoms with E-state index in [-0.39, 0.29) is 0 Å². The van der Waals surface area contributed by atoms with E-state index in [1.54, 1.807) is 0 Å². The smallest absolute Gasteiger partial charge is 0.156 e. The minimum absolute atomic E-state index is 0.615. The fraction of sp³-hybridized carbons (Fsp3) is 1.00. The minimum atomic E-state index is -3.04. The molecule has 56 valence electrons. The van der Waals surface area contributed by atoms with Crippen LogP contribution < -0.4 is 0 Å². The van der Waals surface area contributed by atoms with Gasteiger partial charge in [0.15, 0.2) is 9.84 Å². The summed E-state index contributed by atoms with van der Waals surface area (Å²) >= 11 is 10.7. The number of hydrogen-bond donors (Lipinski definition) is 0. The van der Waals surface area contributed by atoms with Gasteiger partial charge in [-0.1, -0.05) is 22.5 Å². The van der Waals surface area contributed by atoms with E-state index in [1.165, 1.54) is 6.92 Å². The molecule has 0 aliphatic carbocycles. The summed E-state index contributed by atoms with van der Waals surface area (Å²) in [6.45, 7) is 0.108. The van der Waals surface area contributed by atoms with Crippen LogP contribution in [-0.2, 0) is 9.84 Å². The Bertz CT molecular complexity index is 176. The molecule has 0 aromatic carbocycles. The summed E-state index contributed by atoms with van der Waals surface area (Å²) in [7, 11) is -3.04. The summed E-state index contributed by atoms with van der Waals surface area (Å²) in [6, 6.07) is 0. The van der Waals surface area contributed by atoms with Gasteiger partial charge in [-0.3, -0.25) is 0 Å². The molecular formula is C3H7Cl2O2PS. The normalized spacial score (nSPS) is 16.1. The van der Waals surface area contributed by atoms with Gasteiger partial charge >= 0.3 is 0 Å². The molecule has 0 aromatic rings. The van der Waals surface area contributed by atoms with E-state index in [0.717, 1.165) is 6.26 Å². The monoisotopic (exact) mass is 208 g/mol. The molecule has 0 N–H and O–H groups in total. The third kappa shape index (κ3) is 3.61. The highest BCUT2D eigenvalue weighted by Crippen LogP contribution is 2.53. The predicted molar refractivity (Wildman–Crippen MR) is 42.9 cm³/mol. The van der Waals surface area contributed by atoms with E-state index in [2.05, 4.69) is 0 Å². The van der Waals surface area contributed by atoms with E-state index < -0.39 is 21.5 Å². The van der Waals surface area contributed by atoms with Gasteiger partial charge in [0.1, 0.15) is 11.6 Å². The van der Waals surface area contributed by atoms with Gasteiger partial charge in [0.05, 0.1) is 0 Å². The Kier molecular flexibility index (Phi) is 3.74. The zero-order chi connectivity index (χ0) is 7.65. The van der Waals surface area contributed by atoms with Crippen LogP contribution in [0.3, 0.4) is 0 Å². The van der Waals surface area contributed by atoms with Crippen molar-refractivity contribution in [2.45, 2.75) is 11.9 Å². The van der Waals surface area contributed by atoms with Crippen LogP contribution in [0.25, 0.3) is 0 Å². The Hall–Kier alpha value is 0.960. The first-order valence-electron chi connectivity index (χ1n) is 2.15. The van der Waals surface area contributed by atoms with Gasteiger partial charge in [-0.2, -0.15) is 0 Å². The maximum atomic E-state index is 10.6. The van der Waals surface area contributed by atoms with E-state index >= 15 is 0 Å². The molecule has 0 rings (SSSR count). The fourth-order valence-electron chi connectivity index (χ4n) is 0.145. The molecule has 0 radical (unpaired) electrons. The molecule has 1 atom stereocenters. The lowest BCUT2D eigenvalue weighted by Crippen LogP contribution is -2.10. The molecule has 0 heterocycles. The second-order valence-corrected chi connectivity index (χ2v) is 8.40. The standard InChI is InChI=1S/C3H7Cl2O2PS/c1-3(8(4)5)9(2,6)7/h3H,1-2H3. The van der Waals surface area contributed by atoms with Gasteiger partial charge in [-0.05, 0) is 6.92 Å². The quantitative estimate of drug-likeness (QED) is 0.653. The van der Waals surface area contributed by atoms with E-state index in [9.17, 15) is 8.42 Å². The Balaban J connectivity index is 4.24. The number of sulfone groups is 1. The number of hydrogen-bond acceptors (Lipinski definition) is 2. The van der Waals surface area contributed by atoms with Gasteiger partial charge < -0.3 is 0 Å². The van der Waals surface area contributed by atoms with Crippen LogP contribution in [0.2, 0.25) is 0 Å². The molecule has 0 aliphatic rings. The molecule has 2 nitrogen and oxygen atoms in total. The van der Waals surface area contributed by atoms with Crippen LogP contribution in [0.1, 0.15) is 6.92 Å². The molecule has 0 aliphatic heterocycles. The SMILES string of the molecule is CC(P(Cl)Cl)S(C)(=O)=O. The first-order valence-corrected chi connectivity index (χ1v) is 7.33. The van der Waals surface area contributed by atoms with Crippen molar-refractivity contribution in [3.05, 3.63) is 0 Å². The van der Waals surface area contributed by atoms with Crippen LogP contribution in [0.5, 0.6) is 0 Å². The highest BCUT2D eigenvalue weighted by molar-refractivity contribution is 8.14. The first kappa shape index (κ1) is 9.96. The van der Waals surface area contributed by atoms with Crippen molar-refractivity contribution < 1.29 is 8.42 Å². The molecule has 0 saturated carbocycles. The van der Waals surface area contributed by atoms with Crippen molar-refractivity contribution in [2.24, 2.45) is 0 Å². The molecule has 1 unspecified atom stereocenters. The molecule has 0 aromatic heterocycles. The topological polar surface area (TPSA) is 34.1 Å². The average molecular weight is 209 g/mol. The predicted octanol–water partition coefficient (Wildman–Crippen LogP) is 2.17. The Morgan fingerprint density at radius 2 is 1.78 bits per heavy atom.